The fourth-order valence-corrected chi connectivity index (χ4v) is 2.94. The van der Waals surface area contributed by atoms with Gasteiger partial charge in [-0.3, -0.25) is 10.1 Å². The minimum absolute atomic E-state index is 0.184. The summed E-state index contributed by atoms with van der Waals surface area (Å²) in [4.78, 5) is 27.4. The Kier molecular flexibility index (Phi) is 5.75. The van der Waals surface area contributed by atoms with E-state index in [9.17, 15) is 4.79 Å². The molecule has 1 saturated heterocycles. The van der Waals surface area contributed by atoms with E-state index in [1.54, 1.807) is 0 Å². The summed E-state index contributed by atoms with van der Waals surface area (Å²) < 4.78 is 5.44. The maximum absolute atomic E-state index is 11.4. The van der Waals surface area contributed by atoms with E-state index in [2.05, 4.69) is 27.1 Å². The number of hydrogen-bond donors (Lipinski definition) is 1. The fourth-order valence-electron chi connectivity index (χ4n) is 2.94. The van der Waals surface area contributed by atoms with E-state index >= 15 is 0 Å². The van der Waals surface area contributed by atoms with Crippen LogP contribution in [0.3, 0.4) is 0 Å². The van der Waals surface area contributed by atoms with Gasteiger partial charge < -0.3 is 9.64 Å². The maximum Gasteiger partial charge on any atom is 0.232 e. The smallest absolute Gasteiger partial charge is 0.232 e. The number of unbranched alkanes of at least 4 members (excludes halogenated alkanes) is 2. The van der Waals surface area contributed by atoms with Gasteiger partial charge in [-0.1, -0.05) is 19.8 Å². The lowest BCUT2D eigenvalue weighted by Gasteiger charge is -2.28. The SMILES string of the molecule is CCCCCc1ccc2nc(NC(C)=O)nc(N3CCOCC3)c2n1. The molecule has 0 saturated carbocycles. The first-order chi connectivity index (χ1) is 12.2. The molecule has 1 N–H and O–H groups in total. The number of pyridine rings is 1. The average Bonchev–Trinajstić information content (AvgIpc) is 2.62. The Morgan fingerprint density at radius 3 is 2.72 bits per heavy atom. The van der Waals surface area contributed by atoms with Crippen molar-refractivity contribution in [2.45, 2.75) is 39.5 Å². The van der Waals surface area contributed by atoms with Crippen molar-refractivity contribution in [3.8, 4) is 0 Å². The predicted molar refractivity (Wildman–Crippen MR) is 97.9 cm³/mol. The van der Waals surface area contributed by atoms with E-state index < -0.39 is 0 Å². The monoisotopic (exact) mass is 343 g/mol. The number of fused-ring (bicyclic) bond motifs is 1. The van der Waals surface area contributed by atoms with Crippen LogP contribution < -0.4 is 10.2 Å². The summed E-state index contributed by atoms with van der Waals surface area (Å²) in [6.45, 7) is 6.49. The van der Waals surface area contributed by atoms with Crippen molar-refractivity contribution in [2.24, 2.45) is 0 Å². The van der Waals surface area contributed by atoms with Gasteiger partial charge in [0.15, 0.2) is 5.82 Å². The van der Waals surface area contributed by atoms with Crippen molar-refractivity contribution in [1.29, 1.82) is 0 Å². The molecule has 0 aromatic carbocycles. The Bertz CT molecular complexity index is 744. The number of amides is 1. The third kappa shape index (κ3) is 4.42. The summed E-state index contributed by atoms with van der Waals surface area (Å²) in [6, 6.07) is 3.99. The van der Waals surface area contributed by atoms with E-state index in [0.717, 1.165) is 48.5 Å². The van der Waals surface area contributed by atoms with Crippen LogP contribution in [0.1, 0.15) is 38.8 Å². The molecule has 0 radical (unpaired) electrons. The van der Waals surface area contributed by atoms with Gasteiger partial charge in [0.1, 0.15) is 5.52 Å². The lowest BCUT2D eigenvalue weighted by atomic mass is 10.1. The highest BCUT2D eigenvalue weighted by atomic mass is 16.5. The van der Waals surface area contributed by atoms with Gasteiger partial charge in [-0.15, -0.1) is 0 Å². The minimum Gasteiger partial charge on any atom is -0.378 e. The van der Waals surface area contributed by atoms with Gasteiger partial charge in [-0.2, -0.15) is 4.98 Å². The summed E-state index contributed by atoms with van der Waals surface area (Å²) >= 11 is 0. The lowest BCUT2D eigenvalue weighted by molar-refractivity contribution is -0.114. The van der Waals surface area contributed by atoms with Gasteiger partial charge in [0.25, 0.3) is 0 Å². The summed E-state index contributed by atoms with van der Waals surface area (Å²) in [5.74, 6) is 0.910. The number of nitrogens with zero attached hydrogens (tertiary/aromatic N) is 4. The van der Waals surface area contributed by atoms with E-state index in [1.807, 2.05) is 12.1 Å². The van der Waals surface area contributed by atoms with Crippen LogP contribution in [0.25, 0.3) is 11.0 Å². The van der Waals surface area contributed by atoms with E-state index in [0.29, 0.717) is 19.2 Å². The van der Waals surface area contributed by atoms with Crippen LogP contribution in [0.4, 0.5) is 11.8 Å². The van der Waals surface area contributed by atoms with Crippen LogP contribution in [-0.2, 0) is 16.0 Å². The molecule has 2 aromatic heterocycles. The topological polar surface area (TPSA) is 80.2 Å². The van der Waals surface area contributed by atoms with Crippen LogP contribution in [0, 0.1) is 0 Å². The minimum atomic E-state index is -0.184. The van der Waals surface area contributed by atoms with Crippen LogP contribution in [0.2, 0.25) is 0 Å². The summed E-state index contributed by atoms with van der Waals surface area (Å²) in [6.07, 6.45) is 4.48. The molecule has 0 unspecified atom stereocenters. The highest BCUT2D eigenvalue weighted by Crippen LogP contribution is 2.25. The molecule has 7 heteroatoms. The molecule has 25 heavy (non-hydrogen) atoms. The van der Waals surface area contributed by atoms with Gasteiger partial charge in [0.2, 0.25) is 11.9 Å². The number of hydrogen-bond acceptors (Lipinski definition) is 6. The van der Waals surface area contributed by atoms with Gasteiger partial charge in [0.05, 0.1) is 18.7 Å². The number of nitrogens with one attached hydrogen (secondary N) is 1. The number of rotatable bonds is 6. The van der Waals surface area contributed by atoms with Crippen LogP contribution in [-0.4, -0.2) is 47.2 Å². The standard InChI is InChI=1S/C18H25N5O2/c1-3-4-5-6-14-7-8-15-16(20-14)17(23-9-11-25-12-10-23)22-18(21-15)19-13(2)24/h7-8H,3-6,9-12H2,1-2H3,(H,19,21,22,24). The Hall–Kier alpha value is -2.28. The zero-order valence-electron chi connectivity index (χ0n) is 14.9. The van der Waals surface area contributed by atoms with Crippen LogP contribution in [0.15, 0.2) is 12.1 Å². The lowest BCUT2D eigenvalue weighted by Crippen LogP contribution is -2.37. The molecule has 1 amide bonds. The van der Waals surface area contributed by atoms with Crippen LogP contribution >= 0.6 is 0 Å². The second-order valence-electron chi connectivity index (χ2n) is 6.28. The molecule has 3 heterocycles. The molecule has 3 rings (SSSR count). The molecule has 0 atom stereocenters. The molecule has 0 bridgehead atoms. The largest absolute Gasteiger partial charge is 0.378 e. The second kappa shape index (κ2) is 8.20. The Morgan fingerprint density at radius 1 is 1.20 bits per heavy atom. The van der Waals surface area contributed by atoms with E-state index in [-0.39, 0.29) is 5.91 Å². The van der Waals surface area contributed by atoms with Crippen molar-refractivity contribution < 1.29 is 9.53 Å². The number of aromatic nitrogens is 3. The molecule has 0 aliphatic carbocycles. The van der Waals surface area contributed by atoms with Gasteiger partial charge in [0, 0.05) is 25.7 Å². The number of anilines is 2. The summed E-state index contributed by atoms with van der Waals surface area (Å²) in [7, 11) is 0. The summed E-state index contributed by atoms with van der Waals surface area (Å²) in [5.41, 5.74) is 2.61. The predicted octanol–water partition coefficient (Wildman–Crippen LogP) is 2.55. The number of carbonyl (C=O) groups is 1. The highest BCUT2D eigenvalue weighted by Gasteiger charge is 2.19. The molecule has 1 aliphatic heterocycles. The Labute approximate surface area is 147 Å². The number of carbonyl (C=O) groups excluding carboxylic acids is 1. The quantitative estimate of drug-likeness (QED) is 0.812. The van der Waals surface area contributed by atoms with Gasteiger partial charge >= 0.3 is 0 Å². The number of aryl methyl sites for hydroxylation is 1. The van der Waals surface area contributed by atoms with Crippen molar-refractivity contribution in [1.82, 2.24) is 15.0 Å². The first-order valence-corrected chi connectivity index (χ1v) is 8.95. The molecule has 2 aromatic rings. The van der Waals surface area contributed by atoms with E-state index in [1.165, 1.54) is 19.8 Å². The normalized spacial score (nSPS) is 14.7. The van der Waals surface area contributed by atoms with Crippen molar-refractivity contribution in [3.05, 3.63) is 17.8 Å². The molecule has 1 fully saturated rings. The molecule has 134 valence electrons. The Balaban J connectivity index is 1.99. The van der Waals surface area contributed by atoms with Crippen molar-refractivity contribution in [3.63, 3.8) is 0 Å². The van der Waals surface area contributed by atoms with Gasteiger partial charge in [-0.05, 0) is 25.0 Å². The molecule has 0 spiro atoms. The third-order valence-electron chi connectivity index (χ3n) is 4.22. The van der Waals surface area contributed by atoms with Crippen molar-refractivity contribution >= 4 is 28.7 Å². The third-order valence-corrected chi connectivity index (χ3v) is 4.22. The summed E-state index contributed by atoms with van der Waals surface area (Å²) in [5, 5.41) is 2.69. The van der Waals surface area contributed by atoms with Crippen LogP contribution in [0.5, 0.6) is 0 Å². The van der Waals surface area contributed by atoms with E-state index in [4.69, 9.17) is 9.72 Å². The number of ether oxygens (including phenoxy) is 1. The highest BCUT2D eigenvalue weighted by molar-refractivity contribution is 5.91. The average molecular weight is 343 g/mol. The first-order valence-electron chi connectivity index (χ1n) is 8.95. The maximum atomic E-state index is 11.4. The Morgan fingerprint density at radius 2 is 2.00 bits per heavy atom. The zero-order chi connectivity index (χ0) is 17.6. The second-order valence-corrected chi connectivity index (χ2v) is 6.28. The zero-order valence-corrected chi connectivity index (χ0v) is 14.9. The number of morpholine rings is 1. The molecule has 7 nitrogen and oxygen atoms in total. The van der Waals surface area contributed by atoms with Gasteiger partial charge in [-0.25, -0.2) is 9.97 Å². The molecular formula is C18H25N5O2. The first kappa shape index (κ1) is 17.5. The molecule has 1 aliphatic rings. The molecular weight excluding hydrogens is 318 g/mol. The van der Waals surface area contributed by atoms with Crippen molar-refractivity contribution in [2.75, 3.05) is 36.5 Å². The fraction of sp³-hybridized carbons (Fsp3) is 0.556.